The van der Waals surface area contributed by atoms with Gasteiger partial charge in [0.1, 0.15) is 0 Å². The van der Waals surface area contributed by atoms with Gasteiger partial charge in [-0.25, -0.2) is 0 Å². The van der Waals surface area contributed by atoms with Gasteiger partial charge in [0.25, 0.3) is 0 Å². The molecular formula is C14H28N2O2. The molecule has 1 saturated heterocycles. The summed E-state index contributed by atoms with van der Waals surface area (Å²) in [6.07, 6.45) is 3.98. The summed E-state index contributed by atoms with van der Waals surface area (Å²) in [5.41, 5.74) is 0. The molecule has 1 amide bonds. The predicted octanol–water partition coefficient (Wildman–Crippen LogP) is 1.65. The molecule has 0 radical (unpaired) electrons. The first-order valence-electron chi connectivity index (χ1n) is 7.18. The van der Waals surface area contributed by atoms with Gasteiger partial charge in [-0.05, 0) is 52.1 Å². The maximum atomic E-state index is 12.1. The summed E-state index contributed by atoms with van der Waals surface area (Å²) in [5, 5.41) is 3.36. The molecule has 0 aromatic carbocycles. The van der Waals surface area contributed by atoms with Gasteiger partial charge in [-0.15, -0.1) is 0 Å². The van der Waals surface area contributed by atoms with Gasteiger partial charge in [-0.3, -0.25) is 4.79 Å². The first-order chi connectivity index (χ1) is 8.67. The van der Waals surface area contributed by atoms with Crippen LogP contribution in [0.25, 0.3) is 0 Å². The molecule has 1 unspecified atom stereocenters. The molecule has 0 saturated carbocycles. The van der Waals surface area contributed by atoms with Crippen LogP contribution in [0.15, 0.2) is 0 Å². The summed E-state index contributed by atoms with van der Waals surface area (Å²) in [4.78, 5) is 14.1. The Morgan fingerprint density at radius 3 is 2.67 bits per heavy atom. The van der Waals surface area contributed by atoms with Crippen LogP contribution in [-0.4, -0.2) is 50.2 Å². The van der Waals surface area contributed by atoms with Gasteiger partial charge in [-0.1, -0.05) is 0 Å². The molecule has 0 spiro atoms. The maximum absolute atomic E-state index is 12.1. The van der Waals surface area contributed by atoms with Crippen molar-refractivity contribution in [2.24, 2.45) is 5.92 Å². The van der Waals surface area contributed by atoms with Crippen molar-refractivity contribution < 1.29 is 9.53 Å². The lowest BCUT2D eigenvalue weighted by Crippen LogP contribution is -2.39. The van der Waals surface area contributed by atoms with Crippen LogP contribution in [0.2, 0.25) is 0 Å². The number of ether oxygens (including phenoxy) is 1. The van der Waals surface area contributed by atoms with E-state index in [4.69, 9.17) is 4.74 Å². The van der Waals surface area contributed by atoms with Crippen LogP contribution in [0.1, 0.15) is 39.5 Å². The van der Waals surface area contributed by atoms with E-state index < -0.39 is 0 Å². The largest absolute Gasteiger partial charge is 0.382 e. The van der Waals surface area contributed by atoms with Gasteiger partial charge in [0, 0.05) is 26.6 Å². The fourth-order valence-corrected chi connectivity index (χ4v) is 2.39. The Morgan fingerprint density at radius 1 is 1.44 bits per heavy atom. The minimum absolute atomic E-state index is 0.173. The van der Waals surface area contributed by atoms with Crippen molar-refractivity contribution in [2.45, 2.75) is 45.6 Å². The lowest BCUT2D eigenvalue weighted by Gasteiger charge is -2.29. The Kier molecular flexibility index (Phi) is 7.28. The Labute approximate surface area is 111 Å². The molecule has 0 aliphatic carbocycles. The lowest BCUT2D eigenvalue weighted by molar-refractivity contribution is -0.132. The highest BCUT2D eigenvalue weighted by Gasteiger charge is 2.19. The van der Waals surface area contributed by atoms with E-state index in [0.29, 0.717) is 12.3 Å². The molecule has 4 nitrogen and oxygen atoms in total. The van der Waals surface area contributed by atoms with E-state index in [-0.39, 0.29) is 12.0 Å². The van der Waals surface area contributed by atoms with Crippen molar-refractivity contribution in [2.75, 3.05) is 33.3 Å². The third-order valence-electron chi connectivity index (χ3n) is 3.84. The number of piperidine rings is 1. The molecule has 1 rings (SSSR count). The van der Waals surface area contributed by atoms with Crippen LogP contribution in [0.4, 0.5) is 0 Å². The molecule has 1 fully saturated rings. The Bertz CT molecular complexity index is 240. The molecule has 18 heavy (non-hydrogen) atoms. The fraction of sp³-hybridized carbons (Fsp3) is 0.929. The molecule has 0 aromatic rings. The standard InChI is InChI=1S/C14H28N2O2/c1-4-16(11-13-7-9-15-10-8-13)14(17)6-5-12(2)18-3/h12-13,15H,4-11H2,1-3H3. The molecule has 106 valence electrons. The summed E-state index contributed by atoms with van der Waals surface area (Å²) >= 11 is 0. The van der Waals surface area contributed by atoms with Gasteiger partial charge in [-0.2, -0.15) is 0 Å². The number of amides is 1. The third kappa shape index (κ3) is 5.36. The molecular weight excluding hydrogens is 228 g/mol. The van der Waals surface area contributed by atoms with Crippen LogP contribution >= 0.6 is 0 Å². The van der Waals surface area contributed by atoms with Crippen molar-refractivity contribution in [3.63, 3.8) is 0 Å². The lowest BCUT2D eigenvalue weighted by atomic mass is 9.97. The highest BCUT2D eigenvalue weighted by Crippen LogP contribution is 2.14. The van der Waals surface area contributed by atoms with E-state index in [9.17, 15) is 4.79 Å². The zero-order chi connectivity index (χ0) is 13.4. The Morgan fingerprint density at radius 2 is 2.11 bits per heavy atom. The molecule has 1 N–H and O–H groups in total. The zero-order valence-electron chi connectivity index (χ0n) is 12.1. The average molecular weight is 256 g/mol. The second-order valence-electron chi connectivity index (χ2n) is 5.21. The number of hydrogen-bond donors (Lipinski definition) is 1. The van der Waals surface area contributed by atoms with Crippen LogP contribution in [0.3, 0.4) is 0 Å². The molecule has 0 aromatic heterocycles. The number of methoxy groups -OCH3 is 1. The molecule has 1 atom stereocenters. The number of nitrogens with one attached hydrogen (secondary N) is 1. The van der Waals surface area contributed by atoms with Gasteiger partial charge >= 0.3 is 0 Å². The SMILES string of the molecule is CCN(CC1CCNCC1)C(=O)CCC(C)OC. The summed E-state index contributed by atoms with van der Waals surface area (Å²) < 4.78 is 5.18. The highest BCUT2D eigenvalue weighted by molar-refractivity contribution is 5.76. The molecule has 4 heteroatoms. The summed E-state index contributed by atoms with van der Waals surface area (Å²) in [7, 11) is 1.70. The number of carbonyl (C=O) groups is 1. The number of carbonyl (C=O) groups excluding carboxylic acids is 1. The summed E-state index contributed by atoms with van der Waals surface area (Å²) in [6, 6.07) is 0. The number of nitrogens with zero attached hydrogens (tertiary/aromatic N) is 1. The maximum Gasteiger partial charge on any atom is 0.222 e. The van der Waals surface area contributed by atoms with Crippen LogP contribution in [0.5, 0.6) is 0 Å². The zero-order valence-corrected chi connectivity index (χ0v) is 12.1. The van der Waals surface area contributed by atoms with E-state index in [1.165, 1.54) is 12.8 Å². The first-order valence-corrected chi connectivity index (χ1v) is 7.18. The molecule has 1 aliphatic rings. The first kappa shape index (κ1) is 15.4. The van der Waals surface area contributed by atoms with E-state index in [2.05, 4.69) is 12.2 Å². The van der Waals surface area contributed by atoms with Crippen molar-refractivity contribution in [3.8, 4) is 0 Å². The minimum Gasteiger partial charge on any atom is -0.382 e. The van der Waals surface area contributed by atoms with E-state index in [1.807, 2.05) is 11.8 Å². The summed E-state index contributed by atoms with van der Waals surface area (Å²) in [5.74, 6) is 0.954. The van der Waals surface area contributed by atoms with Gasteiger partial charge in [0.2, 0.25) is 5.91 Å². The predicted molar refractivity (Wildman–Crippen MR) is 73.6 cm³/mol. The average Bonchev–Trinajstić information content (AvgIpc) is 2.42. The highest BCUT2D eigenvalue weighted by atomic mass is 16.5. The minimum atomic E-state index is 0.173. The monoisotopic (exact) mass is 256 g/mol. The Balaban J connectivity index is 2.32. The van der Waals surface area contributed by atoms with Gasteiger partial charge in [0.05, 0.1) is 6.10 Å². The smallest absolute Gasteiger partial charge is 0.222 e. The molecule has 1 heterocycles. The quantitative estimate of drug-likeness (QED) is 0.753. The Hall–Kier alpha value is -0.610. The topological polar surface area (TPSA) is 41.6 Å². The van der Waals surface area contributed by atoms with Crippen molar-refractivity contribution in [1.82, 2.24) is 10.2 Å². The summed E-state index contributed by atoms with van der Waals surface area (Å²) in [6.45, 7) is 8.02. The fourth-order valence-electron chi connectivity index (χ4n) is 2.39. The van der Waals surface area contributed by atoms with Crippen molar-refractivity contribution in [1.29, 1.82) is 0 Å². The van der Waals surface area contributed by atoms with Gasteiger partial charge in [0.15, 0.2) is 0 Å². The molecule has 0 bridgehead atoms. The van der Waals surface area contributed by atoms with Crippen LogP contribution in [-0.2, 0) is 9.53 Å². The van der Waals surface area contributed by atoms with E-state index in [0.717, 1.165) is 32.6 Å². The third-order valence-corrected chi connectivity index (χ3v) is 3.84. The van der Waals surface area contributed by atoms with Gasteiger partial charge < -0.3 is 15.0 Å². The number of hydrogen-bond acceptors (Lipinski definition) is 3. The van der Waals surface area contributed by atoms with Crippen molar-refractivity contribution in [3.05, 3.63) is 0 Å². The van der Waals surface area contributed by atoms with Crippen LogP contribution < -0.4 is 5.32 Å². The van der Waals surface area contributed by atoms with E-state index >= 15 is 0 Å². The number of rotatable bonds is 7. The normalized spacial score (nSPS) is 18.6. The molecule has 1 aliphatic heterocycles. The van der Waals surface area contributed by atoms with Crippen LogP contribution in [0, 0.1) is 5.92 Å². The second-order valence-corrected chi connectivity index (χ2v) is 5.21. The van der Waals surface area contributed by atoms with Crippen molar-refractivity contribution >= 4 is 5.91 Å². The second kappa shape index (κ2) is 8.48. The van der Waals surface area contributed by atoms with E-state index in [1.54, 1.807) is 7.11 Å².